The van der Waals surface area contributed by atoms with Crippen LogP contribution in [0.3, 0.4) is 0 Å². The smallest absolute Gasteiger partial charge is 0.0546 e. The zero-order chi connectivity index (χ0) is 44.9. The predicted octanol–water partition coefficient (Wildman–Crippen LogP) is 18.0. The highest BCUT2D eigenvalue weighted by Crippen LogP contribution is 2.69. The zero-order valence-electron chi connectivity index (χ0n) is 38.8. The van der Waals surface area contributed by atoms with Crippen molar-refractivity contribution in [3.05, 3.63) is 222 Å². The van der Waals surface area contributed by atoms with E-state index in [1.807, 2.05) is 0 Å². The first kappa shape index (κ1) is 38.8. The Morgan fingerprint density at radius 1 is 0.368 bits per heavy atom. The van der Waals surface area contributed by atoms with E-state index in [1.54, 1.807) is 11.1 Å². The van der Waals surface area contributed by atoms with Crippen molar-refractivity contribution in [1.82, 2.24) is 0 Å². The molecular formula is C67H53N. The summed E-state index contributed by atoms with van der Waals surface area (Å²) in [6.07, 6.45) is 7.10. The molecule has 1 heteroatoms. The molecule has 10 aromatic rings. The first-order valence-corrected chi connectivity index (χ1v) is 25.3. The minimum Gasteiger partial charge on any atom is -0.310 e. The van der Waals surface area contributed by atoms with E-state index in [1.165, 1.54) is 126 Å². The largest absolute Gasteiger partial charge is 0.310 e. The third-order valence-corrected chi connectivity index (χ3v) is 18.0. The number of anilines is 3. The minimum atomic E-state index is -0.159. The van der Waals surface area contributed by atoms with Crippen LogP contribution < -0.4 is 4.90 Å². The lowest BCUT2D eigenvalue weighted by atomic mass is 9.43. The number of nitrogens with zero attached hydrogens (tertiary/aromatic N) is 1. The first-order chi connectivity index (χ1) is 33.4. The van der Waals surface area contributed by atoms with E-state index in [9.17, 15) is 0 Å². The van der Waals surface area contributed by atoms with Crippen LogP contribution in [0, 0.1) is 23.7 Å². The van der Waals surface area contributed by atoms with Crippen LogP contribution >= 0.6 is 0 Å². The minimum absolute atomic E-state index is 0.159. The quantitative estimate of drug-likeness (QED) is 0.156. The van der Waals surface area contributed by atoms with Crippen LogP contribution in [0.15, 0.2) is 200 Å². The summed E-state index contributed by atoms with van der Waals surface area (Å²) >= 11 is 0. The number of fused-ring (bicyclic) bond motifs is 10. The maximum Gasteiger partial charge on any atom is 0.0546 e. The monoisotopic (exact) mass is 871 g/mol. The lowest BCUT2D eigenvalue weighted by Crippen LogP contribution is -2.55. The molecule has 10 aromatic carbocycles. The lowest BCUT2D eigenvalue weighted by molar-refractivity contribution is -0.0399. The average molecular weight is 872 g/mol. The van der Waals surface area contributed by atoms with Gasteiger partial charge in [0.05, 0.1) is 5.69 Å². The average Bonchev–Trinajstić information content (AvgIpc) is 3.80. The van der Waals surface area contributed by atoms with Gasteiger partial charge in [0.2, 0.25) is 0 Å². The van der Waals surface area contributed by atoms with Crippen molar-refractivity contribution in [3.8, 4) is 44.5 Å². The molecule has 326 valence electrons. The molecule has 0 heterocycles. The van der Waals surface area contributed by atoms with Gasteiger partial charge in [0, 0.05) is 27.6 Å². The van der Waals surface area contributed by atoms with Crippen LogP contribution in [-0.2, 0) is 10.8 Å². The molecule has 6 aliphatic rings. The van der Waals surface area contributed by atoms with Gasteiger partial charge < -0.3 is 4.90 Å². The van der Waals surface area contributed by atoms with E-state index in [0.29, 0.717) is 0 Å². The van der Waals surface area contributed by atoms with Crippen molar-refractivity contribution in [1.29, 1.82) is 0 Å². The third-order valence-electron chi connectivity index (χ3n) is 18.0. The molecule has 4 saturated carbocycles. The fraction of sp³-hybridized carbons (Fsp3) is 0.194. The van der Waals surface area contributed by atoms with Gasteiger partial charge in [-0.1, -0.05) is 178 Å². The van der Waals surface area contributed by atoms with Gasteiger partial charge in [0.15, 0.2) is 0 Å². The molecule has 0 saturated heterocycles. The number of rotatable bonds is 5. The molecule has 16 rings (SSSR count). The van der Waals surface area contributed by atoms with Gasteiger partial charge in [-0.25, -0.2) is 0 Å². The van der Waals surface area contributed by atoms with Gasteiger partial charge in [0.1, 0.15) is 0 Å². The van der Waals surface area contributed by atoms with Crippen molar-refractivity contribution < 1.29 is 0 Å². The van der Waals surface area contributed by atoms with Crippen molar-refractivity contribution in [3.63, 3.8) is 0 Å². The Hall–Kier alpha value is -7.22. The maximum absolute atomic E-state index is 2.60. The number of benzene rings is 10. The Morgan fingerprint density at radius 2 is 0.941 bits per heavy atom. The third kappa shape index (κ3) is 5.28. The second-order valence-corrected chi connectivity index (χ2v) is 21.6. The second-order valence-electron chi connectivity index (χ2n) is 21.6. The summed E-state index contributed by atoms with van der Waals surface area (Å²) in [5, 5.41) is 7.55. The molecule has 0 N–H and O–H groups in total. The maximum atomic E-state index is 2.60. The van der Waals surface area contributed by atoms with Crippen molar-refractivity contribution in [2.75, 3.05) is 4.90 Å². The van der Waals surface area contributed by atoms with Crippen LogP contribution in [0.25, 0.3) is 76.8 Å². The molecule has 0 aromatic heterocycles. The van der Waals surface area contributed by atoms with Crippen LogP contribution in [0.5, 0.6) is 0 Å². The summed E-state index contributed by atoms with van der Waals surface area (Å²) in [4.78, 5) is 2.52. The van der Waals surface area contributed by atoms with Crippen LogP contribution in [-0.4, -0.2) is 0 Å². The Kier molecular flexibility index (Phi) is 8.09. The predicted molar refractivity (Wildman–Crippen MR) is 285 cm³/mol. The molecule has 4 fully saturated rings. The van der Waals surface area contributed by atoms with E-state index >= 15 is 0 Å². The number of hydrogen-bond acceptors (Lipinski definition) is 1. The molecule has 1 nitrogen and oxygen atoms in total. The summed E-state index contributed by atoms with van der Waals surface area (Å²) in [5.74, 6) is 3.39. The van der Waals surface area contributed by atoms with Crippen LogP contribution in [0.1, 0.15) is 68.2 Å². The van der Waals surface area contributed by atoms with E-state index in [4.69, 9.17) is 0 Å². The van der Waals surface area contributed by atoms with Crippen molar-refractivity contribution in [2.45, 2.75) is 56.8 Å². The number of hydrogen-bond donors (Lipinski definition) is 0. The molecule has 0 aliphatic heterocycles. The van der Waals surface area contributed by atoms with Gasteiger partial charge in [0.25, 0.3) is 0 Å². The van der Waals surface area contributed by atoms with Crippen molar-refractivity contribution >= 4 is 49.4 Å². The summed E-state index contributed by atoms with van der Waals surface area (Å²) in [5.41, 5.74) is 20.3. The van der Waals surface area contributed by atoms with Gasteiger partial charge in [-0.3, -0.25) is 0 Å². The van der Waals surface area contributed by atoms with Crippen LogP contribution in [0.4, 0.5) is 17.1 Å². The summed E-state index contributed by atoms with van der Waals surface area (Å²) < 4.78 is 0. The summed E-state index contributed by atoms with van der Waals surface area (Å²) in [6, 6.07) is 76.6. The molecule has 0 amide bonds. The first-order valence-electron chi connectivity index (χ1n) is 25.3. The Labute approximate surface area is 399 Å². The summed E-state index contributed by atoms with van der Waals surface area (Å²) in [7, 11) is 0. The van der Waals surface area contributed by atoms with Gasteiger partial charge in [-0.15, -0.1) is 0 Å². The highest BCUT2D eigenvalue weighted by Gasteiger charge is 2.61. The molecule has 0 unspecified atom stereocenters. The lowest BCUT2D eigenvalue weighted by Gasteiger charge is -2.61. The Bertz CT molecular complexity index is 3700. The SMILES string of the molecule is CC1(C)c2ccc(N(c3ccc(-c4cccc5ccccc45)cc3)c3cc4ccccc4c4ccccc34)cc2-c2c(-c3ccc4c(c3)-c3ccccc3C43C4CC5CC(C4)CC3C5)cccc21. The standard InChI is InChI=1S/C67H53N/c1-66(2)60-32-30-50(68(64-39-45-14-4-6-17-53(45)55-18-7-8-20-57(55)64)49-28-25-44(26-29-49)52-21-11-15-43-13-3-5-16-51(43)52)40-59(60)65-54(22-12-24-63(65)66)46-27-31-62-58(38-46)56-19-9-10-23-61(56)67(62)47-34-41-33-42(36-47)37-48(67)35-41/h3-32,38-42,47-48H,33-37H2,1-2H3. The highest BCUT2D eigenvalue weighted by atomic mass is 15.1. The molecule has 6 aliphatic carbocycles. The van der Waals surface area contributed by atoms with Gasteiger partial charge in [-0.05, 0) is 186 Å². The van der Waals surface area contributed by atoms with E-state index in [-0.39, 0.29) is 10.8 Å². The Balaban J connectivity index is 0.912. The molecule has 68 heavy (non-hydrogen) atoms. The van der Waals surface area contributed by atoms with E-state index in [2.05, 4.69) is 219 Å². The van der Waals surface area contributed by atoms with Crippen molar-refractivity contribution in [2.24, 2.45) is 23.7 Å². The molecular weight excluding hydrogens is 819 g/mol. The molecule has 0 radical (unpaired) electrons. The van der Waals surface area contributed by atoms with Gasteiger partial charge >= 0.3 is 0 Å². The van der Waals surface area contributed by atoms with Gasteiger partial charge in [-0.2, -0.15) is 0 Å². The topological polar surface area (TPSA) is 3.24 Å². The Morgan fingerprint density at radius 3 is 1.75 bits per heavy atom. The normalized spacial score (nSPS) is 22.1. The fourth-order valence-corrected chi connectivity index (χ4v) is 15.4. The zero-order valence-corrected chi connectivity index (χ0v) is 38.8. The highest BCUT2D eigenvalue weighted by molar-refractivity contribution is 6.15. The fourth-order valence-electron chi connectivity index (χ4n) is 15.4. The molecule has 0 atom stereocenters. The second kappa shape index (κ2) is 14.2. The van der Waals surface area contributed by atoms with Crippen LogP contribution in [0.2, 0.25) is 0 Å². The molecule has 1 spiro atoms. The van der Waals surface area contributed by atoms with E-state index < -0.39 is 0 Å². The molecule has 4 bridgehead atoms. The summed E-state index contributed by atoms with van der Waals surface area (Å²) in [6.45, 7) is 4.85. The van der Waals surface area contributed by atoms with E-state index in [0.717, 1.165) is 35.0 Å².